The smallest absolute Gasteiger partial charge is 0.242 e. The Labute approximate surface area is 133 Å². The van der Waals surface area contributed by atoms with Crippen molar-refractivity contribution in [2.45, 2.75) is 38.3 Å². The Kier molecular flexibility index (Phi) is 5.50. The molecule has 2 N–H and O–H groups in total. The summed E-state index contributed by atoms with van der Waals surface area (Å²) in [6, 6.07) is -0.332. The molecular weight excluding hydrogens is 326 g/mol. The number of aryl methyl sites for hydroxylation is 1. The monoisotopic (exact) mass is 345 g/mol. The van der Waals surface area contributed by atoms with E-state index in [1.54, 1.807) is 6.20 Å². The molecule has 116 valence electrons. The molecule has 8 heteroatoms. The van der Waals surface area contributed by atoms with Crippen molar-refractivity contribution in [1.29, 1.82) is 0 Å². The van der Waals surface area contributed by atoms with E-state index in [9.17, 15) is 8.42 Å². The summed E-state index contributed by atoms with van der Waals surface area (Å²) < 4.78 is 28.0. The molecule has 2 heterocycles. The van der Waals surface area contributed by atoms with Gasteiger partial charge in [0, 0.05) is 23.0 Å². The van der Waals surface area contributed by atoms with Crippen molar-refractivity contribution in [2.75, 3.05) is 6.54 Å². The minimum absolute atomic E-state index is 0.332. The number of thiophene rings is 1. The molecule has 2 aromatic rings. The molecule has 0 aliphatic rings. The molecule has 1 atom stereocenters. The maximum atomic E-state index is 12.6. The highest BCUT2D eigenvalue weighted by Gasteiger charge is 2.25. The summed E-state index contributed by atoms with van der Waals surface area (Å²) in [6.45, 7) is 7.00. The van der Waals surface area contributed by atoms with E-state index in [2.05, 4.69) is 15.0 Å². The lowest BCUT2D eigenvalue weighted by molar-refractivity contribution is 0.564. The predicted octanol–water partition coefficient (Wildman–Crippen LogP) is 2.66. The van der Waals surface area contributed by atoms with Crippen molar-refractivity contribution in [3.8, 4) is 0 Å². The molecule has 2 rings (SSSR count). The first-order valence-electron chi connectivity index (χ1n) is 6.65. The van der Waals surface area contributed by atoms with Gasteiger partial charge in [-0.25, -0.2) is 18.1 Å². The van der Waals surface area contributed by atoms with Gasteiger partial charge in [-0.2, -0.15) is 0 Å². The lowest BCUT2D eigenvalue weighted by atomic mass is 10.3. The summed E-state index contributed by atoms with van der Waals surface area (Å²) in [5.41, 5.74) is 0.784. The van der Waals surface area contributed by atoms with Crippen LogP contribution in [0.15, 0.2) is 21.9 Å². The van der Waals surface area contributed by atoms with Crippen molar-refractivity contribution in [1.82, 2.24) is 15.0 Å². The fraction of sp³-hybridized carbons (Fsp3) is 0.462. The number of thiazole rings is 1. The Morgan fingerprint density at radius 1 is 1.38 bits per heavy atom. The van der Waals surface area contributed by atoms with E-state index < -0.39 is 10.0 Å². The second kappa shape index (κ2) is 6.97. The van der Waals surface area contributed by atoms with Crippen LogP contribution in [0.25, 0.3) is 0 Å². The van der Waals surface area contributed by atoms with Crippen molar-refractivity contribution in [3.63, 3.8) is 0 Å². The summed E-state index contributed by atoms with van der Waals surface area (Å²) in [5.74, 6) is 0. The minimum Gasteiger partial charge on any atom is -0.312 e. The van der Waals surface area contributed by atoms with Crippen LogP contribution in [0.1, 0.15) is 35.3 Å². The summed E-state index contributed by atoms with van der Waals surface area (Å²) in [5, 5.41) is 7.67. The van der Waals surface area contributed by atoms with Crippen LogP contribution in [-0.2, 0) is 16.6 Å². The van der Waals surface area contributed by atoms with Crippen LogP contribution in [0.4, 0.5) is 0 Å². The predicted molar refractivity (Wildman–Crippen MR) is 87.3 cm³/mol. The van der Waals surface area contributed by atoms with Crippen LogP contribution >= 0.6 is 22.7 Å². The molecule has 0 amide bonds. The van der Waals surface area contributed by atoms with Crippen molar-refractivity contribution in [3.05, 3.63) is 32.4 Å². The molecule has 0 saturated heterocycles. The maximum absolute atomic E-state index is 12.6. The molecule has 0 radical (unpaired) electrons. The number of aromatic nitrogens is 1. The second-order valence-corrected chi connectivity index (χ2v) is 8.21. The first-order chi connectivity index (χ1) is 9.95. The molecule has 0 aromatic carbocycles. The van der Waals surface area contributed by atoms with Gasteiger partial charge < -0.3 is 5.32 Å². The Bertz CT molecular complexity index is 678. The summed E-state index contributed by atoms with van der Waals surface area (Å²) >= 11 is 2.92. The highest BCUT2D eigenvalue weighted by atomic mass is 32.2. The molecule has 0 fully saturated rings. The molecule has 0 saturated carbocycles. The molecule has 0 bridgehead atoms. The molecule has 21 heavy (non-hydrogen) atoms. The third-order valence-electron chi connectivity index (χ3n) is 2.95. The van der Waals surface area contributed by atoms with E-state index in [4.69, 9.17) is 0 Å². The highest BCUT2D eigenvalue weighted by molar-refractivity contribution is 7.89. The molecular formula is C13H19N3O2S3. The zero-order chi connectivity index (χ0) is 15.5. The SMILES string of the molecule is CCNCc1scc(C)c1S(=O)(=O)NC(C)c1nccs1. The largest absolute Gasteiger partial charge is 0.312 e. The highest BCUT2D eigenvalue weighted by Crippen LogP contribution is 2.28. The van der Waals surface area contributed by atoms with Gasteiger partial charge >= 0.3 is 0 Å². The number of rotatable bonds is 7. The fourth-order valence-corrected chi connectivity index (χ4v) is 5.71. The number of nitrogens with zero attached hydrogens (tertiary/aromatic N) is 1. The molecule has 2 aromatic heterocycles. The van der Waals surface area contributed by atoms with Gasteiger partial charge in [-0.3, -0.25) is 0 Å². The van der Waals surface area contributed by atoms with Crippen LogP contribution in [0.5, 0.6) is 0 Å². The van der Waals surface area contributed by atoms with Gasteiger partial charge in [-0.1, -0.05) is 6.92 Å². The van der Waals surface area contributed by atoms with Crippen LogP contribution in [0.2, 0.25) is 0 Å². The van der Waals surface area contributed by atoms with Crippen molar-refractivity contribution >= 4 is 32.7 Å². The number of hydrogen-bond acceptors (Lipinski definition) is 6. The number of hydrogen-bond donors (Lipinski definition) is 2. The first kappa shape index (κ1) is 16.6. The van der Waals surface area contributed by atoms with E-state index in [0.29, 0.717) is 11.4 Å². The van der Waals surface area contributed by atoms with Crippen LogP contribution < -0.4 is 10.0 Å². The van der Waals surface area contributed by atoms with Crippen molar-refractivity contribution in [2.24, 2.45) is 0 Å². The fourth-order valence-electron chi connectivity index (χ4n) is 2.00. The van der Waals surface area contributed by atoms with Gasteiger partial charge in [-0.05, 0) is 31.3 Å². The topological polar surface area (TPSA) is 71.1 Å². The second-order valence-electron chi connectivity index (χ2n) is 4.66. The zero-order valence-corrected chi connectivity index (χ0v) is 14.7. The Balaban J connectivity index is 2.25. The summed E-state index contributed by atoms with van der Waals surface area (Å²) in [4.78, 5) is 5.40. The van der Waals surface area contributed by atoms with Crippen molar-refractivity contribution < 1.29 is 8.42 Å². The molecule has 0 aliphatic heterocycles. The molecule has 0 aliphatic carbocycles. The summed E-state index contributed by atoms with van der Waals surface area (Å²) in [6.07, 6.45) is 1.68. The van der Waals surface area contributed by atoms with Gasteiger partial charge in [0.2, 0.25) is 10.0 Å². The average Bonchev–Trinajstić information content (AvgIpc) is 3.05. The Hall–Kier alpha value is -0.800. The van der Waals surface area contributed by atoms with Crippen LogP contribution in [0.3, 0.4) is 0 Å². The van der Waals surface area contributed by atoms with E-state index in [1.807, 2.05) is 31.5 Å². The number of sulfonamides is 1. The normalized spacial score (nSPS) is 13.5. The third-order valence-corrected chi connectivity index (χ3v) is 6.91. The average molecular weight is 346 g/mol. The Morgan fingerprint density at radius 3 is 2.76 bits per heavy atom. The standard InChI is InChI=1S/C13H19N3O2S3/c1-4-14-7-11-12(9(2)8-20-11)21(17,18)16-10(3)13-15-5-6-19-13/h5-6,8,10,14,16H,4,7H2,1-3H3. The number of nitrogens with one attached hydrogen (secondary N) is 2. The van der Waals surface area contributed by atoms with Gasteiger partial charge in [0.05, 0.1) is 6.04 Å². The zero-order valence-electron chi connectivity index (χ0n) is 12.2. The van der Waals surface area contributed by atoms with Crippen LogP contribution in [-0.4, -0.2) is 19.9 Å². The van der Waals surface area contributed by atoms with Crippen LogP contribution in [0, 0.1) is 6.92 Å². The summed E-state index contributed by atoms with van der Waals surface area (Å²) in [7, 11) is -3.55. The van der Waals surface area contributed by atoms with E-state index in [1.165, 1.54) is 22.7 Å². The lowest BCUT2D eigenvalue weighted by Gasteiger charge is -2.13. The first-order valence-corrected chi connectivity index (χ1v) is 9.89. The molecule has 1 unspecified atom stereocenters. The lowest BCUT2D eigenvalue weighted by Crippen LogP contribution is -2.28. The minimum atomic E-state index is -3.55. The maximum Gasteiger partial charge on any atom is 0.242 e. The quantitative estimate of drug-likeness (QED) is 0.809. The van der Waals surface area contributed by atoms with Gasteiger partial charge in [-0.15, -0.1) is 22.7 Å². The van der Waals surface area contributed by atoms with Gasteiger partial charge in [0.25, 0.3) is 0 Å². The van der Waals surface area contributed by atoms with E-state index in [-0.39, 0.29) is 6.04 Å². The van der Waals surface area contributed by atoms with E-state index >= 15 is 0 Å². The van der Waals surface area contributed by atoms with Gasteiger partial charge in [0.1, 0.15) is 9.90 Å². The van der Waals surface area contributed by atoms with E-state index in [0.717, 1.165) is 22.0 Å². The molecule has 0 spiro atoms. The molecule has 5 nitrogen and oxygen atoms in total. The van der Waals surface area contributed by atoms with Gasteiger partial charge in [0.15, 0.2) is 0 Å². The third kappa shape index (κ3) is 3.89. The Morgan fingerprint density at radius 2 is 2.14 bits per heavy atom.